The van der Waals surface area contributed by atoms with Gasteiger partial charge in [0.2, 0.25) is 0 Å². The molecule has 1 heterocycles. The molecule has 2 N–H and O–H groups in total. The molecule has 0 spiro atoms. The van der Waals surface area contributed by atoms with Crippen LogP contribution in [-0.4, -0.2) is 29.4 Å². The third-order valence-corrected chi connectivity index (χ3v) is 4.08. The third kappa shape index (κ3) is 2.83. The van der Waals surface area contributed by atoms with Crippen molar-refractivity contribution in [2.24, 2.45) is 5.92 Å². The van der Waals surface area contributed by atoms with Gasteiger partial charge in [-0.25, -0.2) is 9.18 Å². The van der Waals surface area contributed by atoms with Gasteiger partial charge in [0, 0.05) is 13.2 Å². The van der Waals surface area contributed by atoms with E-state index in [1.165, 1.54) is 12.1 Å². The number of hydrogen-bond donors (Lipinski definition) is 2. The summed E-state index contributed by atoms with van der Waals surface area (Å²) in [6.07, 6.45) is 1.77. The maximum atomic E-state index is 13.6. The zero-order chi connectivity index (χ0) is 14.8. The minimum atomic E-state index is -1.21. The molecular weight excluding hydrogens is 263 g/mol. The van der Waals surface area contributed by atoms with Gasteiger partial charge in [0.1, 0.15) is 5.82 Å². The summed E-state index contributed by atoms with van der Waals surface area (Å²) < 4.78 is 18.9. The summed E-state index contributed by atoms with van der Waals surface area (Å²) in [6.45, 7) is 2.95. The van der Waals surface area contributed by atoms with Gasteiger partial charge in [-0.05, 0) is 48.9 Å². The number of carbonyl (C=O) groups is 1. The van der Waals surface area contributed by atoms with Gasteiger partial charge in [0.15, 0.2) is 0 Å². The van der Waals surface area contributed by atoms with Crippen LogP contribution in [0.4, 0.5) is 4.39 Å². The molecule has 1 aliphatic rings. The molecule has 1 saturated heterocycles. The van der Waals surface area contributed by atoms with Crippen molar-refractivity contribution in [2.45, 2.75) is 31.8 Å². The fourth-order valence-electron chi connectivity index (χ4n) is 2.87. The molecule has 1 atom stereocenters. The van der Waals surface area contributed by atoms with E-state index in [1.807, 2.05) is 6.92 Å². The smallest absolute Gasteiger partial charge is 0.335 e. The highest BCUT2D eigenvalue weighted by atomic mass is 19.1. The standard InChI is InChI=1S/C15H19FO4/c1-2-15(19,11-3-5-20-6-4-11)12-7-10(14(17)18)8-13(16)9-12/h7-9,11,19H,2-6H2,1H3,(H,17,18)/t15-/m0/s1. The van der Waals surface area contributed by atoms with Crippen LogP contribution in [0.3, 0.4) is 0 Å². The van der Waals surface area contributed by atoms with Gasteiger partial charge in [-0.15, -0.1) is 0 Å². The molecule has 0 amide bonds. The number of carboxylic acids is 1. The Morgan fingerprint density at radius 1 is 1.40 bits per heavy atom. The number of carboxylic acid groups (broad SMARTS) is 1. The number of halogens is 1. The van der Waals surface area contributed by atoms with Crippen molar-refractivity contribution in [2.75, 3.05) is 13.2 Å². The Kier molecular flexibility index (Phi) is 4.40. The first-order valence-electron chi connectivity index (χ1n) is 6.82. The third-order valence-electron chi connectivity index (χ3n) is 4.08. The highest BCUT2D eigenvalue weighted by molar-refractivity contribution is 5.87. The van der Waals surface area contributed by atoms with Gasteiger partial charge in [-0.3, -0.25) is 0 Å². The lowest BCUT2D eigenvalue weighted by Gasteiger charge is -2.38. The first-order valence-corrected chi connectivity index (χ1v) is 6.82. The van der Waals surface area contributed by atoms with Crippen molar-refractivity contribution in [3.8, 4) is 0 Å². The van der Waals surface area contributed by atoms with Crippen molar-refractivity contribution in [3.05, 3.63) is 35.1 Å². The molecule has 2 rings (SSSR count). The fraction of sp³-hybridized carbons (Fsp3) is 0.533. The van der Waals surface area contributed by atoms with E-state index in [4.69, 9.17) is 9.84 Å². The molecule has 0 unspecified atom stereocenters. The minimum absolute atomic E-state index is 0.0512. The van der Waals surface area contributed by atoms with Gasteiger partial charge >= 0.3 is 5.97 Å². The summed E-state index contributed by atoms with van der Waals surface area (Å²) in [5.41, 5.74) is -1.01. The number of aromatic carboxylic acids is 1. The van der Waals surface area contributed by atoms with Crippen molar-refractivity contribution >= 4 is 5.97 Å². The van der Waals surface area contributed by atoms with Crippen LogP contribution in [0.1, 0.15) is 42.1 Å². The first-order chi connectivity index (χ1) is 9.47. The van der Waals surface area contributed by atoms with Crippen LogP contribution < -0.4 is 0 Å². The summed E-state index contributed by atoms with van der Waals surface area (Å²) in [5.74, 6) is -1.89. The summed E-state index contributed by atoms with van der Waals surface area (Å²) in [5, 5.41) is 19.9. The van der Waals surface area contributed by atoms with E-state index in [0.29, 0.717) is 38.0 Å². The van der Waals surface area contributed by atoms with Crippen LogP contribution in [0.2, 0.25) is 0 Å². The number of benzene rings is 1. The van der Waals surface area contributed by atoms with Gasteiger partial charge in [-0.2, -0.15) is 0 Å². The molecule has 20 heavy (non-hydrogen) atoms. The second-order valence-electron chi connectivity index (χ2n) is 5.20. The van der Waals surface area contributed by atoms with Crippen molar-refractivity contribution in [1.82, 2.24) is 0 Å². The molecule has 1 aliphatic heterocycles. The lowest BCUT2D eigenvalue weighted by Crippen LogP contribution is -2.38. The Bertz CT molecular complexity index is 497. The summed E-state index contributed by atoms with van der Waals surface area (Å²) >= 11 is 0. The fourth-order valence-corrected chi connectivity index (χ4v) is 2.87. The van der Waals surface area contributed by atoms with Gasteiger partial charge in [-0.1, -0.05) is 6.92 Å². The Balaban J connectivity index is 2.41. The van der Waals surface area contributed by atoms with Crippen molar-refractivity contribution in [3.63, 3.8) is 0 Å². The van der Waals surface area contributed by atoms with Crippen LogP contribution in [0.15, 0.2) is 18.2 Å². The predicted molar refractivity (Wildman–Crippen MR) is 71.1 cm³/mol. The van der Waals surface area contributed by atoms with E-state index in [-0.39, 0.29) is 11.5 Å². The molecule has 0 saturated carbocycles. The molecule has 4 nitrogen and oxygen atoms in total. The SMILES string of the molecule is CC[C@@](O)(c1cc(F)cc(C(=O)O)c1)C1CCOCC1. The number of rotatable bonds is 4. The van der Waals surface area contributed by atoms with Gasteiger partial charge < -0.3 is 14.9 Å². The highest BCUT2D eigenvalue weighted by Crippen LogP contribution is 2.39. The molecule has 0 bridgehead atoms. The van der Waals surface area contributed by atoms with E-state index in [2.05, 4.69) is 0 Å². The van der Waals surface area contributed by atoms with Crippen LogP contribution in [-0.2, 0) is 10.3 Å². The van der Waals surface area contributed by atoms with E-state index in [9.17, 15) is 14.3 Å². The van der Waals surface area contributed by atoms with Crippen LogP contribution >= 0.6 is 0 Å². The Labute approximate surface area is 117 Å². The predicted octanol–water partition coefficient (Wildman–Crippen LogP) is 2.55. The minimum Gasteiger partial charge on any atom is -0.478 e. The Morgan fingerprint density at radius 2 is 2.05 bits per heavy atom. The Morgan fingerprint density at radius 3 is 2.60 bits per heavy atom. The number of hydrogen-bond acceptors (Lipinski definition) is 3. The first kappa shape index (κ1) is 14.9. The zero-order valence-electron chi connectivity index (χ0n) is 11.4. The maximum Gasteiger partial charge on any atom is 0.335 e. The number of aliphatic hydroxyl groups is 1. The van der Waals surface area contributed by atoms with Gasteiger partial charge in [0.25, 0.3) is 0 Å². The summed E-state index contributed by atoms with van der Waals surface area (Å²) in [7, 11) is 0. The van der Waals surface area contributed by atoms with Gasteiger partial charge in [0.05, 0.1) is 11.2 Å². The van der Waals surface area contributed by atoms with Crippen LogP contribution in [0, 0.1) is 11.7 Å². The molecule has 0 aromatic heterocycles. The monoisotopic (exact) mass is 282 g/mol. The topological polar surface area (TPSA) is 66.8 Å². The molecule has 0 radical (unpaired) electrons. The molecular formula is C15H19FO4. The molecule has 1 aromatic carbocycles. The average Bonchev–Trinajstić information content (AvgIpc) is 2.46. The number of ether oxygens (including phenoxy) is 1. The largest absolute Gasteiger partial charge is 0.478 e. The van der Waals surface area contributed by atoms with E-state index < -0.39 is 17.4 Å². The molecule has 5 heteroatoms. The van der Waals surface area contributed by atoms with E-state index >= 15 is 0 Å². The lowest BCUT2D eigenvalue weighted by atomic mass is 9.75. The average molecular weight is 282 g/mol. The lowest BCUT2D eigenvalue weighted by molar-refractivity contribution is -0.0732. The Hall–Kier alpha value is -1.46. The van der Waals surface area contributed by atoms with E-state index in [0.717, 1.165) is 6.07 Å². The maximum absolute atomic E-state index is 13.6. The second kappa shape index (κ2) is 5.89. The normalized spacial score (nSPS) is 19.6. The molecule has 0 aliphatic carbocycles. The molecule has 110 valence electrons. The molecule has 1 aromatic rings. The van der Waals surface area contributed by atoms with E-state index in [1.54, 1.807) is 0 Å². The van der Waals surface area contributed by atoms with Crippen LogP contribution in [0.25, 0.3) is 0 Å². The second-order valence-corrected chi connectivity index (χ2v) is 5.20. The zero-order valence-corrected chi connectivity index (χ0v) is 11.4. The highest BCUT2D eigenvalue weighted by Gasteiger charge is 2.38. The summed E-state index contributed by atoms with van der Waals surface area (Å²) in [4.78, 5) is 11.0. The summed E-state index contributed by atoms with van der Waals surface area (Å²) in [6, 6.07) is 3.56. The quantitative estimate of drug-likeness (QED) is 0.890. The van der Waals surface area contributed by atoms with Crippen molar-refractivity contribution < 1.29 is 24.1 Å². The van der Waals surface area contributed by atoms with Crippen LogP contribution in [0.5, 0.6) is 0 Å². The van der Waals surface area contributed by atoms with Crippen molar-refractivity contribution in [1.29, 1.82) is 0 Å². The molecule has 1 fully saturated rings.